The lowest BCUT2D eigenvalue weighted by molar-refractivity contribution is -0.384. The SMILES string of the molecule is O=C(NN=Cc1cccc([N+](=O)[O-])c1)c1nc2sc3c(c2c(=O)[nH]1)CCCC3. The molecule has 0 unspecified atom stereocenters. The Labute approximate surface area is 162 Å². The predicted molar refractivity (Wildman–Crippen MR) is 105 cm³/mol. The fourth-order valence-electron chi connectivity index (χ4n) is 3.21. The second kappa shape index (κ2) is 7.31. The Morgan fingerprint density at radius 1 is 1.36 bits per heavy atom. The minimum atomic E-state index is -0.660. The number of nitro benzene ring substituents is 1. The maximum atomic E-state index is 12.5. The summed E-state index contributed by atoms with van der Waals surface area (Å²) in [5.41, 5.74) is 3.39. The van der Waals surface area contributed by atoms with Crippen LogP contribution in [0.1, 0.15) is 39.5 Å². The Morgan fingerprint density at radius 3 is 3.00 bits per heavy atom. The number of fused-ring (bicyclic) bond motifs is 3. The summed E-state index contributed by atoms with van der Waals surface area (Å²) >= 11 is 1.46. The third-order valence-corrected chi connectivity index (χ3v) is 5.69. The molecule has 0 spiro atoms. The average Bonchev–Trinajstić information content (AvgIpc) is 3.07. The number of amides is 1. The zero-order valence-electron chi connectivity index (χ0n) is 14.6. The van der Waals surface area contributed by atoms with Gasteiger partial charge in [0.2, 0.25) is 5.82 Å². The van der Waals surface area contributed by atoms with E-state index in [-0.39, 0.29) is 17.1 Å². The molecule has 9 nitrogen and oxygen atoms in total. The maximum Gasteiger partial charge on any atom is 0.307 e. The van der Waals surface area contributed by atoms with Gasteiger partial charge in [0.15, 0.2) is 0 Å². The highest BCUT2D eigenvalue weighted by Gasteiger charge is 2.21. The van der Waals surface area contributed by atoms with Gasteiger partial charge in [0.25, 0.3) is 11.2 Å². The van der Waals surface area contributed by atoms with Crippen molar-refractivity contribution in [3.05, 3.63) is 66.6 Å². The van der Waals surface area contributed by atoms with Crippen LogP contribution in [0.2, 0.25) is 0 Å². The maximum absolute atomic E-state index is 12.5. The van der Waals surface area contributed by atoms with Crippen LogP contribution in [0.15, 0.2) is 34.2 Å². The Kier molecular flexibility index (Phi) is 4.70. The van der Waals surface area contributed by atoms with Gasteiger partial charge in [-0.25, -0.2) is 10.4 Å². The molecule has 1 aromatic carbocycles. The van der Waals surface area contributed by atoms with Gasteiger partial charge in [-0.1, -0.05) is 12.1 Å². The smallest absolute Gasteiger partial charge is 0.302 e. The number of rotatable bonds is 4. The van der Waals surface area contributed by atoms with Gasteiger partial charge in [-0.3, -0.25) is 19.7 Å². The van der Waals surface area contributed by atoms with Crippen LogP contribution in [-0.2, 0) is 12.8 Å². The molecule has 2 heterocycles. The lowest BCUT2D eigenvalue weighted by atomic mass is 9.97. The highest BCUT2D eigenvalue weighted by atomic mass is 32.1. The van der Waals surface area contributed by atoms with Crippen molar-refractivity contribution in [2.24, 2.45) is 5.10 Å². The molecular formula is C18H15N5O4S. The van der Waals surface area contributed by atoms with Crippen LogP contribution in [0.3, 0.4) is 0 Å². The third kappa shape index (κ3) is 3.41. The number of nitrogens with zero attached hydrogens (tertiary/aromatic N) is 3. The van der Waals surface area contributed by atoms with Gasteiger partial charge in [0, 0.05) is 22.6 Å². The first-order chi connectivity index (χ1) is 13.5. The fourth-order valence-corrected chi connectivity index (χ4v) is 4.47. The molecule has 4 rings (SSSR count). The summed E-state index contributed by atoms with van der Waals surface area (Å²) in [6.07, 6.45) is 5.22. The molecule has 0 radical (unpaired) electrons. The molecule has 1 aliphatic rings. The molecule has 1 amide bonds. The number of carbonyl (C=O) groups is 1. The van der Waals surface area contributed by atoms with Crippen molar-refractivity contribution in [2.45, 2.75) is 25.7 Å². The highest BCUT2D eigenvalue weighted by molar-refractivity contribution is 7.18. The van der Waals surface area contributed by atoms with E-state index < -0.39 is 10.8 Å². The zero-order chi connectivity index (χ0) is 19.7. The van der Waals surface area contributed by atoms with Gasteiger partial charge in [-0.15, -0.1) is 11.3 Å². The number of non-ortho nitro benzene ring substituents is 1. The van der Waals surface area contributed by atoms with E-state index in [0.717, 1.165) is 31.2 Å². The molecule has 0 atom stereocenters. The van der Waals surface area contributed by atoms with E-state index in [1.165, 1.54) is 40.6 Å². The second-order valence-electron chi connectivity index (χ2n) is 6.36. The minimum absolute atomic E-state index is 0.0756. The van der Waals surface area contributed by atoms with Crippen molar-refractivity contribution in [1.29, 1.82) is 0 Å². The molecule has 2 N–H and O–H groups in total. The number of hydrazone groups is 1. The molecule has 0 bridgehead atoms. The number of benzene rings is 1. The van der Waals surface area contributed by atoms with Crippen LogP contribution in [0.25, 0.3) is 10.2 Å². The lowest BCUT2D eigenvalue weighted by Gasteiger charge is -2.09. The Hall–Kier alpha value is -3.40. The lowest BCUT2D eigenvalue weighted by Crippen LogP contribution is -2.24. The van der Waals surface area contributed by atoms with Crippen molar-refractivity contribution < 1.29 is 9.72 Å². The summed E-state index contributed by atoms with van der Waals surface area (Å²) in [5.74, 6) is -0.778. The van der Waals surface area contributed by atoms with E-state index in [2.05, 4.69) is 20.5 Å². The summed E-state index contributed by atoms with van der Waals surface area (Å²) in [6, 6.07) is 5.83. The summed E-state index contributed by atoms with van der Waals surface area (Å²) in [4.78, 5) is 43.6. The number of aromatic amines is 1. The van der Waals surface area contributed by atoms with Crippen LogP contribution in [0.5, 0.6) is 0 Å². The van der Waals surface area contributed by atoms with Crippen molar-refractivity contribution in [2.75, 3.05) is 0 Å². The number of carbonyl (C=O) groups excluding carboxylic acids is 1. The Balaban J connectivity index is 1.55. The Morgan fingerprint density at radius 2 is 2.18 bits per heavy atom. The van der Waals surface area contributed by atoms with Crippen molar-refractivity contribution >= 4 is 39.4 Å². The van der Waals surface area contributed by atoms with Gasteiger partial charge in [-0.2, -0.15) is 5.10 Å². The molecule has 10 heteroatoms. The van der Waals surface area contributed by atoms with Gasteiger partial charge in [0.1, 0.15) is 4.83 Å². The molecule has 0 fully saturated rings. The zero-order valence-corrected chi connectivity index (χ0v) is 15.4. The summed E-state index contributed by atoms with van der Waals surface area (Å²) in [6.45, 7) is 0. The minimum Gasteiger partial charge on any atom is -0.302 e. The standard InChI is InChI=1S/C18H15N5O4S/c24-16-14-12-6-1-2-7-13(12)28-18(14)21-15(20-16)17(25)22-19-9-10-4-3-5-11(8-10)23(26)27/h3-5,8-9H,1-2,6-7H2,(H,22,25)(H,20,21,24). The number of hydrogen-bond donors (Lipinski definition) is 2. The van der Waals surface area contributed by atoms with E-state index in [9.17, 15) is 19.7 Å². The van der Waals surface area contributed by atoms with E-state index in [1.54, 1.807) is 6.07 Å². The summed E-state index contributed by atoms with van der Waals surface area (Å²) < 4.78 is 0. The number of hydrogen-bond acceptors (Lipinski definition) is 7. The van der Waals surface area contributed by atoms with Gasteiger partial charge in [0.05, 0.1) is 16.5 Å². The number of H-pyrrole nitrogens is 1. The Bertz CT molecular complexity index is 1180. The first-order valence-electron chi connectivity index (χ1n) is 8.65. The highest BCUT2D eigenvalue weighted by Crippen LogP contribution is 2.33. The molecule has 142 valence electrons. The fraction of sp³-hybridized carbons (Fsp3) is 0.222. The van der Waals surface area contributed by atoms with Gasteiger partial charge >= 0.3 is 5.91 Å². The van der Waals surface area contributed by atoms with Crippen LogP contribution in [0, 0.1) is 10.1 Å². The molecule has 0 saturated heterocycles. The largest absolute Gasteiger partial charge is 0.307 e. The number of aromatic nitrogens is 2. The normalized spacial score (nSPS) is 13.6. The summed E-state index contributed by atoms with van der Waals surface area (Å²) in [5, 5.41) is 15.1. The number of nitro groups is 1. The first-order valence-corrected chi connectivity index (χ1v) is 9.47. The molecule has 2 aromatic heterocycles. The van der Waals surface area contributed by atoms with Crippen LogP contribution < -0.4 is 11.0 Å². The molecule has 0 aliphatic heterocycles. The van der Waals surface area contributed by atoms with Crippen molar-refractivity contribution in [3.8, 4) is 0 Å². The molecule has 28 heavy (non-hydrogen) atoms. The molecule has 3 aromatic rings. The monoisotopic (exact) mass is 397 g/mol. The average molecular weight is 397 g/mol. The van der Waals surface area contributed by atoms with E-state index in [4.69, 9.17) is 0 Å². The van der Waals surface area contributed by atoms with Gasteiger partial charge in [-0.05, 0) is 31.2 Å². The quantitative estimate of drug-likeness (QED) is 0.397. The van der Waals surface area contributed by atoms with E-state index in [1.807, 2.05) is 0 Å². The second-order valence-corrected chi connectivity index (χ2v) is 7.44. The number of aryl methyl sites for hydroxylation is 2. The van der Waals surface area contributed by atoms with E-state index in [0.29, 0.717) is 15.8 Å². The summed E-state index contributed by atoms with van der Waals surface area (Å²) in [7, 11) is 0. The predicted octanol–water partition coefficient (Wildman–Crippen LogP) is 2.54. The van der Waals surface area contributed by atoms with E-state index >= 15 is 0 Å². The topological polar surface area (TPSA) is 130 Å². The van der Waals surface area contributed by atoms with Crippen LogP contribution in [-0.4, -0.2) is 27.0 Å². The van der Waals surface area contributed by atoms with Crippen LogP contribution >= 0.6 is 11.3 Å². The first kappa shape index (κ1) is 18.0. The van der Waals surface area contributed by atoms with Gasteiger partial charge < -0.3 is 4.98 Å². The molecule has 1 aliphatic carbocycles. The molecule has 0 saturated carbocycles. The van der Waals surface area contributed by atoms with Crippen LogP contribution in [0.4, 0.5) is 5.69 Å². The third-order valence-electron chi connectivity index (χ3n) is 4.50. The van der Waals surface area contributed by atoms with Crippen molar-refractivity contribution in [1.82, 2.24) is 15.4 Å². The number of nitrogens with one attached hydrogen (secondary N) is 2. The number of thiophene rings is 1. The van der Waals surface area contributed by atoms with Crippen molar-refractivity contribution in [3.63, 3.8) is 0 Å². The molecular weight excluding hydrogens is 382 g/mol.